The van der Waals surface area contributed by atoms with E-state index in [-0.39, 0.29) is 0 Å². The van der Waals surface area contributed by atoms with Gasteiger partial charge in [0.2, 0.25) is 11.9 Å². The Morgan fingerprint density at radius 1 is 0.957 bits per heavy atom. The van der Waals surface area contributed by atoms with Crippen LogP contribution in [0.2, 0.25) is 0 Å². The van der Waals surface area contributed by atoms with Crippen molar-refractivity contribution in [3.05, 3.63) is 24.7 Å². The highest BCUT2D eigenvalue weighted by molar-refractivity contribution is 5.43. The molecule has 3 rings (SSSR count). The van der Waals surface area contributed by atoms with Crippen LogP contribution < -0.4 is 14.7 Å². The predicted molar refractivity (Wildman–Crippen MR) is 89.8 cm³/mol. The van der Waals surface area contributed by atoms with Gasteiger partial charge in [-0.25, -0.2) is 9.97 Å². The molecule has 122 valence electrons. The molecule has 8 nitrogen and oxygen atoms in total. The van der Waals surface area contributed by atoms with Crippen LogP contribution in [0.25, 0.3) is 0 Å². The second kappa shape index (κ2) is 7.17. The van der Waals surface area contributed by atoms with Gasteiger partial charge in [-0.1, -0.05) is 0 Å². The van der Waals surface area contributed by atoms with Gasteiger partial charge in [-0.3, -0.25) is 0 Å². The third-order valence-electron chi connectivity index (χ3n) is 4.02. The lowest BCUT2D eigenvalue weighted by Gasteiger charge is -2.34. The maximum Gasteiger partial charge on any atom is 0.247 e. The summed E-state index contributed by atoms with van der Waals surface area (Å²) in [7, 11) is 0. The molecule has 1 aliphatic rings. The average molecular weight is 314 g/mol. The Kier molecular flexibility index (Phi) is 4.80. The zero-order valence-corrected chi connectivity index (χ0v) is 13.6. The fourth-order valence-corrected chi connectivity index (χ4v) is 2.68. The molecule has 2 aromatic rings. The second-order valence-electron chi connectivity index (χ2n) is 5.31. The standard InChI is InChI=1S/C15H22N8/c1-3-21(4-2)13-12-18-20-15(19-13)23-10-8-22(9-11-23)14-16-6-5-7-17-14/h5-7,12H,3-4,8-11H2,1-2H3. The molecule has 0 N–H and O–H groups in total. The Hall–Kier alpha value is -2.51. The van der Waals surface area contributed by atoms with Gasteiger partial charge in [0, 0.05) is 51.7 Å². The number of nitrogens with zero attached hydrogens (tertiary/aromatic N) is 8. The molecule has 1 saturated heterocycles. The van der Waals surface area contributed by atoms with Crippen LogP contribution in [0.4, 0.5) is 17.7 Å². The molecule has 1 aliphatic heterocycles. The van der Waals surface area contributed by atoms with Crippen LogP contribution in [0.1, 0.15) is 13.8 Å². The molecule has 23 heavy (non-hydrogen) atoms. The van der Waals surface area contributed by atoms with E-state index < -0.39 is 0 Å². The summed E-state index contributed by atoms with van der Waals surface area (Å²) in [5, 5.41) is 8.32. The monoisotopic (exact) mass is 314 g/mol. The summed E-state index contributed by atoms with van der Waals surface area (Å²) < 4.78 is 0. The second-order valence-corrected chi connectivity index (χ2v) is 5.31. The Morgan fingerprint density at radius 3 is 2.17 bits per heavy atom. The molecule has 0 aromatic carbocycles. The van der Waals surface area contributed by atoms with Gasteiger partial charge in [-0.05, 0) is 19.9 Å². The summed E-state index contributed by atoms with van der Waals surface area (Å²) in [5.74, 6) is 2.36. The van der Waals surface area contributed by atoms with Crippen molar-refractivity contribution in [3.8, 4) is 0 Å². The Labute approximate surface area is 136 Å². The van der Waals surface area contributed by atoms with E-state index in [9.17, 15) is 0 Å². The largest absolute Gasteiger partial charge is 0.356 e. The van der Waals surface area contributed by atoms with Gasteiger partial charge in [0.05, 0.1) is 6.20 Å². The highest BCUT2D eigenvalue weighted by Crippen LogP contribution is 2.16. The highest BCUT2D eigenvalue weighted by atomic mass is 15.4. The SMILES string of the molecule is CCN(CC)c1cnnc(N2CCN(c3ncccn3)CC2)n1. The third kappa shape index (κ3) is 3.46. The molecule has 0 spiro atoms. The van der Waals surface area contributed by atoms with Crippen molar-refractivity contribution >= 4 is 17.7 Å². The van der Waals surface area contributed by atoms with Crippen LogP contribution >= 0.6 is 0 Å². The van der Waals surface area contributed by atoms with E-state index in [1.54, 1.807) is 18.6 Å². The van der Waals surface area contributed by atoms with Crippen molar-refractivity contribution in [1.82, 2.24) is 25.1 Å². The van der Waals surface area contributed by atoms with Crippen molar-refractivity contribution in [2.45, 2.75) is 13.8 Å². The van der Waals surface area contributed by atoms with Crippen LogP contribution in [-0.4, -0.2) is 64.4 Å². The van der Waals surface area contributed by atoms with E-state index in [1.165, 1.54) is 0 Å². The van der Waals surface area contributed by atoms with E-state index >= 15 is 0 Å². The van der Waals surface area contributed by atoms with Crippen LogP contribution in [0.15, 0.2) is 24.7 Å². The Balaban J connectivity index is 1.67. The van der Waals surface area contributed by atoms with E-state index in [0.717, 1.165) is 51.0 Å². The zero-order chi connectivity index (χ0) is 16.1. The first-order chi connectivity index (χ1) is 11.3. The summed E-state index contributed by atoms with van der Waals surface area (Å²) >= 11 is 0. The maximum atomic E-state index is 4.66. The lowest BCUT2D eigenvalue weighted by molar-refractivity contribution is 0.622. The lowest BCUT2D eigenvalue weighted by atomic mass is 10.3. The van der Waals surface area contributed by atoms with E-state index in [4.69, 9.17) is 0 Å². The highest BCUT2D eigenvalue weighted by Gasteiger charge is 2.21. The summed E-state index contributed by atoms with van der Waals surface area (Å²) in [6.07, 6.45) is 5.27. The van der Waals surface area contributed by atoms with Crippen LogP contribution in [0.5, 0.6) is 0 Å². The Bertz CT molecular complexity index is 608. The molecule has 0 unspecified atom stereocenters. The molecule has 0 bridgehead atoms. The van der Waals surface area contributed by atoms with Crippen LogP contribution in [0, 0.1) is 0 Å². The van der Waals surface area contributed by atoms with Crippen molar-refractivity contribution in [2.24, 2.45) is 0 Å². The van der Waals surface area contributed by atoms with Crippen LogP contribution in [0.3, 0.4) is 0 Å². The quantitative estimate of drug-likeness (QED) is 0.803. The third-order valence-corrected chi connectivity index (χ3v) is 4.02. The number of hydrogen-bond donors (Lipinski definition) is 0. The van der Waals surface area contributed by atoms with Gasteiger partial charge < -0.3 is 14.7 Å². The first kappa shape index (κ1) is 15.4. The molecule has 2 aromatic heterocycles. The summed E-state index contributed by atoms with van der Waals surface area (Å²) in [5.41, 5.74) is 0. The topological polar surface area (TPSA) is 74.2 Å². The van der Waals surface area contributed by atoms with Crippen molar-refractivity contribution < 1.29 is 0 Å². The van der Waals surface area contributed by atoms with Gasteiger partial charge in [-0.15, -0.1) is 5.10 Å². The average Bonchev–Trinajstić information content (AvgIpc) is 2.64. The number of piperazine rings is 1. The first-order valence-electron chi connectivity index (χ1n) is 8.03. The van der Waals surface area contributed by atoms with Gasteiger partial charge in [0.25, 0.3) is 0 Å². The fraction of sp³-hybridized carbons (Fsp3) is 0.533. The summed E-state index contributed by atoms with van der Waals surface area (Å²) in [4.78, 5) is 19.8. The predicted octanol–water partition coefficient (Wildman–Crippen LogP) is 0.834. The number of anilines is 3. The first-order valence-corrected chi connectivity index (χ1v) is 8.03. The molecule has 1 fully saturated rings. The molecule has 0 radical (unpaired) electrons. The molecule has 3 heterocycles. The smallest absolute Gasteiger partial charge is 0.247 e. The molecule has 0 aliphatic carbocycles. The molecular formula is C15H22N8. The molecular weight excluding hydrogens is 292 g/mol. The zero-order valence-electron chi connectivity index (χ0n) is 13.6. The van der Waals surface area contributed by atoms with Crippen LogP contribution in [-0.2, 0) is 0 Å². The number of hydrogen-bond acceptors (Lipinski definition) is 8. The van der Waals surface area contributed by atoms with E-state index in [0.29, 0.717) is 5.95 Å². The van der Waals surface area contributed by atoms with Crippen molar-refractivity contribution in [2.75, 3.05) is 54.0 Å². The molecule has 8 heteroatoms. The van der Waals surface area contributed by atoms with E-state index in [1.807, 2.05) is 6.07 Å². The van der Waals surface area contributed by atoms with Gasteiger partial charge >= 0.3 is 0 Å². The number of aromatic nitrogens is 5. The lowest BCUT2D eigenvalue weighted by Crippen LogP contribution is -2.47. The van der Waals surface area contributed by atoms with Crippen molar-refractivity contribution in [1.29, 1.82) is 0 Å². The summed E-state index contributed by atoms with van der Waals surface area (Å²) in [6, 6.07) is 1.83. The van der Waals surface area contributed by atoms with Gasteiger partial charge in [-0.2, -0.15) is 10.1 Å². The fourth-order valence-electron chi connectivity index (χ4n) is 2.68. The minimum Gasteiger partial charge on any atom is -0.356 e. The van der Waals surface area contributed by atoms with Gasteiger partial charge in [0.1, 0.15) is 0 Å². The maximum absolute atomic E-state index is 4.66. The number of rotatable bonds is 5. The van der Waals surface area contributed by atoms with Gasteiger partial charge in [0.15, 0.2) is 5.82 Å². The van der Waals surface area contributed by atoms with Crippen molar-refractivity contribution in [3.63, 3.8) is 0 Å². The molecule has 0 saturated carbocycles. The summed E-state index contributed by atoms with van der Waals surface area (Å²) in [6.45, 7) is 9.42. The normalized spacial score (nSPS) is 14.9. The Morgan fingerprint density at radius 2 is 1.57 bits per heavy atom. The minimum absolute atomic E-state index is 0.697. The van der Waals surface area contributed by atoms with E-state index in [2.05, 4.69) is 53.7 Å². The molecule has 0 atom stereocenters. The minimum atomic E-state index is 0.697. The molecule has 0 amide bonds.